The van der Waals surface area contributed by atoms with Gasteiger partial charge in [-0.2, -0.15) is 0 Å². The van der Waals surface area contributed by atoms with E-state index in [2.05, 4.69) is 10.3 Å². The van der Waals surface area contributed by atoms with E-state index in [9.17, 15) is 0 Å². The molecule has 0 saturated heterocycles. The van der Waals surface area contributed by atoms with Gasteiger partial charge in [-0.25, -0.2) is 4.98 Å². The van der Waals surface area contributed by atoms with Crippen LogP contribution in [0.3, 0.4) is 0 Å². The third-order valence-corrected chi connectivity index (χ3v) is 2.91. The lowest BCUT2D eigenvalue weighted by molar-refractivity contribution is 0.924. The van der Waals surface area contributed by atoms with Gasteiger partial charge in [0, 0.05) is 18.9 Å². The number of anilines is 2. The SMILES string of the molecule is Cc1cn(C)c(Nc2ccc(Cl)c(Cl)c2)n1. The second-order valence-electron chi connectivity index (χ2n) is 3.57. The van der Waals surface area contributed by atoms with E-state index < -0.39 is 0 Å². The van der Waals surface area contributed by atoms with Crippen molar-refractivity contribution in [1.82, 2.24) is 9.55 Å². The number of aromatic nitrogens is 2. The van der Waals surface area contributed by atoms with Crippen molar-refractivity contribution >= 4 is 34.8 Å². The summed E-state index contributed by atoms with van der Waals surface area (Å²) in [7, 11) is 1.93. The molecule has 2 rings (SSSR count). The highest BCUT2D eigenvalue weighted by Gasteiger charge is 2.04. The minimum atomic E-state index is 0.526. The predicted molar refractivity (Wildman–Crippen MR) is 67.7 cm³/mol. The molecule has 0 spiro atoms. The monoisotopic (exact) mass is 255 g/mol. The fourth-order valence-electron chi connectivity index (χ4n) is 1.44. The van der Waals surface area contributed by atoms with Crippen LogP contribution in [0.25, 0.3) is 0 Å². The van der Waals surface area contributed by atoms with E-state index in [0.29, 0.717) is 10.0 Å². The highest BCUT2D eigenvalue weighted by Crippen LogP contribution is 2.26. The molecule has 0 aliphatic rings. The molecule has 0 bridgehead atoms. The molecule has 0 saturated carbocycles. The van der Waals surface area contributed by atoms with Gasteiger partial charge in [-0.15, -0.1) is 0 Å². The molecule has 0 aliphatic carbocycles. The first-order chi connectivity index (χ1) is 7.56. The Morgan fingerprint density at radius 3 is 2.56 bits per heavy atom. The van der Waals surface area contributed by atoms with E-state index in [1.807, 2.05) is 30.8 Å². The van der Waals surface area contributed by atoms with Crippen LogP contribution in [-0.2, 0) is 7.05 Å². The van der Waals surface area contributed by atoms with Gasteiger partial charge < -0.3 is 9.88 Å². The Morgan fingerprint density at radius 1 is 1.25 bits per heavy atom. The zero-order chi connectivity index (χ0) is 11.7. The van der Waals surface area contributed by atoms with Crippen molar-refractivity contribution in [3.8, 4) is 0 Å². The summed E-state index contributed by atoms with van der Waals surface area (Å²) in [6.45, 7) is 1.94. The lowest BCUT2D eigenvalue weighted by Gasteiger charge is -2.06. The van der Waals surface area contributed by atoms with Crippen LogP contribution in [0.15, 0.2) is 24.4 Å². The molecule has 84 valence electrons. The third kappa shape index (κ3) is 2.31. The fraction of sp³-hybridized carbons (Fsp3) is 0.182. The van der Waals surface area contributed by atoms with E-state index >= 15 is 0 Å². The maximum Gasteiger partial charge on any atom is 0.207 e. The molecule has 1 heterocycles. The number of nitrogens with one attached hydrogen (secondary N) is 1. The normalized spacial score (nSPS) is 10.5. The Balaban J connectivity index is 2.27. The summed E-state index contributed by atoms with van der Waals surface area (Å²) in [5.74, 6) is 0.774. The lowest BCUT2D eigenvalue weighted by Crippen LogP contribution is -1.98. The molecule has 5 heteroatoms. The molecule has 0 radical (unpaired) electrons. The number of halogens is 2. The smallest absolute Gasteiger partial charge is 0.207 e. The molecule has 1 aromatic heterocycles. The van der Waals surface area contributed by atoms with Gasteiger partial charge >= 0.3 is 0 Å². The van der Waals surface area contributed by atoms with Gasteiger partial charge in [0.05, 0.1) is 15.7 Å². The van der Waals surface area contributed by atoms with E-state index in [4.69, 9.17) is 23.2 Å². The number of imidazole rings is 1. The van der Waals surface area contributed by atoms with Crippen molar-refractivity contribution in [2.75, 3.05) is 5.32 Å². The summed E-state index contributed by atoms with van der Waals surface area (Å²) < 4.78 is 1.91. The van der Waals surface area contributed by atoms with Crippen molar-refractivity contribution in [3.05, 3.63) is 40.1 Å². The molecule has 0 amide bonds. The molecule has 3 nitrogen and oxygen atoms in total. The average Bonchev–Trinajstić information content (AvgIpc) is 2.51. The fourth-order valence-corrected chi connectivity index (χ4v) is 1.73. The summed E-state index contributed by atoms with van der Waals surface area (Å²) in [6, 6.07) is 5.38. The van der Waals surface area contributed by atoms with Crippen LogP contribution >= 0.6 is 23.2 Å². The van der Waals surface area contributed by atoms with Crippen molar-refractivity contribution in [1.29, 1.82) is 0 Å². The van der Waals surface area contributed by atoms with Crippen LogP contribution in [-0.4, -0.2) is 9.55 Å². The van der Waals surface area contributed by atoms with Gasteiger partial charge in [-0.3, -0.25) is 0 Å². The minimum absolute atomic E-state index is 0.526. The molecule has 0 aliphatic heterocycles. The van der Waals surface area contributed by atoms with Crippen LogP contribution in [0, 0.1) is 6.92 Å². The molecule has 0 atom stereocenters. The minimum Gasteiger partial charge on any atom is -0.326 e. The van der Waals surface area contributed by atoms with E-state index in [-0.39, 0.29) is 0 Å². The summed E-state index contributed by atoms with van der Waals surface area (Å²) in [6.07, 6.45) is 1.94. The van der Waals surface area contributed by atoms with Gasteiger partial charge in [-0.1, -0.05) is 23.2 Å². The summed E-state index contributed by atoms with van der Waals surface area (Å²) in [4.78, 5) is 4.33. The van der Waals surface area contributed by atoms with Crippen LogP contribution < -0.4 is 5.32 Å². The Kier molecular flexibility index (Phi) is 3.08. The Bertz CT molecular complexity index is 520. The zero-order valence-corrected chi connectivity index (χ0v) is 10.5. The molecular weight excluding hydrogens is 245 g/mol. The first-order valence-electron chi connectivity index (χ1n) is 4.78. The number of hydrogen-bond acceptors (Lipinski definition) is 2. The standard InChI is InChI=1S/C11H11Cl2N3/c1-7-6-16(2)11(14-7)15-8-3-4-9(12)10(13)5-8/h3-6H,1-2H3,(H,14,15). The van der Waals surface area contributed by atoms with Gasteiger partial charge in [0.15, 0.2) is 0 Å². The molecule has 1 aromatic carbocycles. The van der Waals surface area contributed by atoms with Crippen molar-refractivity contribution in [2.24, 2.45) is 7.05 Å². The second-order valence-corrected chi connectivity index (χ2v) is 4.39. The van der Waals surface area contributed by atoms with Crippen molar-refractivity contribution in [3.63, 3.8) is 0 Å². The number of nitrogens with zero attached hydrogens (tertiary/aromatic N) is 2. The van der Waals surface area contributed by atoms with E-state index in [1.165, 1.54) is 0 Å². The molecule has 16 heavy (non-hydrogen) atoms. The Hall–Kier alpha value is -1.19. The predicted octanol–water partition coefficient (Wildman–Crippen LogP) is 3.78. The van der Waals surface area contributed by atoms with Gasteiger partial charge in [0.25, 0.3) is 0 Å². The first-order valence-corrected chi connectivity index (χ1v) is 5.54. The second kappa shape index (κ2) is 4.36. The Labute approximate surface area is 104 Å². The molecule has 0 fully saturated rings. The largest absolute Gasteiger partial charge is 0.326 e. The highest BCUT2D eigenvalue weighted by molar-refractivity contribution is 6.42. The van der Waals surface area contributed by atoms with Crippen LogP contribution in [0.2, 0.25) is 10.0 Å². The van der Waals surface area contributed by atoms with E-state index in [1.54, 1.807) is 12.1 Å². The van der Waals surface area contributed by atoms with Gasteiger partial charge in [-0.05, 0) is 25.1 Å². The number of benzene rings is 1. The molecular formula is C11H11Cl2N3. The maximum absolute atomic E-state index is 5.93. The van der Waals surface area contributed by atoms with Crippen LogP contribution in [0.4, 0.5) is 11.6 Å². The Morgan fingerprint density at radius 2 is 2.00 bits per heavy atom. The summed E-state index contributed by atoms with van der Waals surface area (Å²) in [5.41, 5.74) is 1.83. The molecule has 0 unspecified atom stereocenters. The highest BCUT2D eigenvalue weighted by atomic mass is 35.5. The number of rotatable bonds is 2. The van der Waals surface area contributed by atoms with E-state index in [0.717, 1.165) is 17.3 Å². The zero-order valence-electron chi connectivity index (χ0n) is 8.96. The number of aryl methyl sites for hydroxylation is 2. The topological polar surface area (TPSA) is 29.9 Å². The summed E-state index contributed by atoms with van der Waals surface area (Å²) in [5, 5.41) is 4.24. The molecule has 1 N–H and O–H groups in total. The van der Waals surface area contributed by atoms with Gasteiger partial charge in [0.1, 0.15) is 0 Å². The number of hydrogen-bond donors (Lipinski definition) is 1. The summed E-state index contributed by atoms with van der Waals surface area (Å²) >= 11 is 11.8. The van der Waals surface area contributed by atoms with Crippen molar-refractivity contribution < 1.29 is 0 Å². The quantitative estimate of drug-likeness (QED) is 0.886. The van der Waals surface area contributed by atoms with Crippen LogP contribution in [0.1, 0.15) is 5.69 Å². The lowest BCUT2D eigenvalue weighted by atomic mass is 10.3. The first kappa shape index (κ1) is 11.3. The average molecular weight is 256 g/mol. The molecule has 2 aromatic rings. The third-order valence-electron chi connectivity index (χ3n) is 2.17. The van der Waals surface area contributed by atoms with Gasteiger partial charge in [0.2, 0.25) is 5.95 Å². The van der Waals surface area contributed by atoms with Crippen LogP contribution in [0.5, 0.6) is 0 Å². The maximum atomic E-state index is 5.93. The van der Waals surface area contributed by atoms with Crippen molar-refractivity contribution in [2.45, 2.75) is 6.92 Å².